The Morgan fingerprint density at radius 2 is 1.73 bits per heavy atom. The van der Waals surface area contributed by atoms with Gasteiger partial charge in [-0.2, -0.15) is 0 Å². The molecule has 1 aromatic carbocycles. The van der Waals surface area contributed by atoms with Crippen LogP contribution in [0.5, 0.6) is 0 Å². The van der Waals surface area contributed by atoms with E-state index in [0.29, 0.717) is 6.42 Å². The van der Waals surface area contributed by atoms with Crippen molar-refractivity contribution in [2.75, 3.05) is 0 Å². The van der Waals surface area contributed by atoms with Crippen molar-refractivity contribution in [3.05, 3.63) is 35.4 Å². The number of benzene rings is 1. The average molecular weight is 206 g/mol. The number of carboxylic acids is 2. The van der Waals surface area contributed by atoms with E-state index in [1.54, 1.807) is 12.1 Å². The minimum atomic E-state index is -0.966. The van der Waals surface area contributed by atoms with Gasteiger partial charge in [0.1, 0.15) is 0 Å². The lowest BCUT2D eigenvalue weighted by Crippen LogP contribution is -1.99. The molecule has 0 aromatic heterocycles. The van der Waals surface area contributed by atoms with Crippen LogP contribution in [0.4, 0.5) is 0 Å². The van der Waals surface area contributed by atoms with E-state index in [4.69, 9.17) is 10.2 Å². The maximum atomic E-state index is 10.6. The van der Waals surface area contributed by atoms with E-state index in [-0.39, 0.29) is 17.4 Å². The smallest absolute Gasteiger partial charge is 0.335 e. The molecule has 1 fully saturated rings. The number of carboxylic acid groups (broad SMARTS) is 2. The third kappa shape index (κ3) is 1.83. The molecule has 2 rings (SSSR count). The second kappa shape index (κ2) is 3.38. The van der Waals surface area contributed by atoms with Gasteiger partial charge in [0, 0.05) is 0 Å². The lowest BCUT2D eigenvalue weighted by Gasteiger charge is -1.99. The summed E-state index contributed by atoms with van der Waals surface area (Å²) in [5.41, 5.74) is 1.14. The zero-order valence-corrected chi connectivity index (χ0v) is 7.88. The van der Waals surface area contributed by atoms with Gasteiger partial charge in [-0.1, -0.05) is 12.1 Å². The Bertz CT molecular complexity index is 407. The summed E-state index contributed by atoms with van der Waals surface area (Å²) in [5, 5.41) is 17.4. The van der Waals surface area contributed by atoms with Crippen molar-refractivity contribution in [2.24, 2.45) is 5.92 Å². The summed E-state index contributed by atoms with van der Waals surface area (Å²) in [6.45, 7) is 0. The fourth-order valence-corrected chi connectivity index (χ4v) is 1.71. The Labute approximate surface area is 86.2 Å². The van der Waals surface area contributed by atoms with Gasteiger partial charge in [0.25, 0.3) is 0 Å². The molecule has 0 amide bonds. The van der Waals surface area contributed by atoms with Crippen LogP contribution in [0.3, 0.4) is 0 Å². The van der Waals surface area contributed by atoms with Crippen LogP contribution < -0.4 is 0 Å². The predicted molar refractivity (Wildman–Crippen MR) is 51.9 cm³/mol. The maximum absolute atomic E-state index is 10.6. The molecule has 1 aromatic rings. The van der Waals surface area contributed by atoms with Crippen LogP contribution in [0.25, 0.3) is 0 Å². The Kier molecular flexibility index (Phi) is 2.19. The second-order valence-electron chi connectivity index (χ2n) is 3.71. The van der Waals surface area contributed by atoms with Gasteiger partial charge in [-0.05, 0) is 30.0 Å². The maximum Gasteiger partial charge on any atom is 0.335 e. The largest absolute Gasteiger partial charge is 0.481 e. The molecule has 0 aliphatic heterocycles. The number of aliphatic carboxylic acids is 1. The van der Waals surface area contributed by atoms with E-state index >= 15 is 0 Å². The van der Waals surface area contributed by atoms with E-state index in [1.165, 1.54) is 12.1 Å². The normalized spacial score (nSPS) is 23.5. The van der Waals surface area contributed by atoms with Crippen LogP contribution in [-0.2, 0) is 4.79 Å². The van der Waals surface area contributed by atoms with Crippen LogP contribution >= 0.6 is 0 Å². The van der Waals surface area contributed by atoms with Crippen LogP contribution in [0.15, 0.2) is 24.3 Å². The Hall–Kier alpha value is -1.84. The predicted octanol–water partition coefficient (Wildman–Crippen LogP) is 1.57. The zero-order valence-electron chi connectivity index (χ0n) is 7.88. The summed E-state index contributed by atoms with van der Waals surface area (Å²) in [6.07, 6.45) is 0.655. The SMILES string of the molecule is O=C(O)c1ccc([C@@H]2C[C@H]2C(=O)O)cc1. The fraction of sp³-hybridized carbons (Fsp3) is 0.273. The zero-order chi connectivity index (χ0) is 11.0. The van der Waals surface area contributed by atoms with Gasteiger partial charge < -0.3 is 10.2 Å². The van der Waals surface area contributed by atoms with Crippen LogP contribution in [0.1, 0.15) is 28.3 Å². The number of aromatic carboxylic acids is 1. The van der Waals surface area contributed by atoms with Crippen molar-refractivity contribution < 1.29 is 19.8 Å². The molecule has 0 spiro atoms. The summed E-state index contributed by atoms with van der Waals surface area (Å²) >= 11 is 0. The molecule has 15 heavy (non-hydrogen) atoms. The molecule has 0 bridgehead atoms. The summed E-state index contributed by atoms with van der Waals surface area (Å²) in [4.78, 5) is 21.2. The highest BCUT2D eigenvalue weighted by Crippen LogP contribution is 2.47. The second-order valence-corrected chi connectivity index (χ2v) is 3.71. The number of hydrogen-bond acceptors (Lipinski definition) is 2. The molecule has 0 radical (unpaired) electrons. The van der Waals surface area contributed by atoms with Gasteiger partial charge >= 0.3 is 11.9 Å². The Balaban J connectivity index is 2.12. The molecule has 1 aliphatic rings. The van der Waals surface area contributed by atoms with Crippen molar-refractivity contribution >= 4 is 11.9 Å². The lowest BCUT2D eigenvalue weighted by atomic mass is 10.1. The van der Waals surface area contributed by atoms with Crippen molar-refractivity contribution in [3.63, 3.8) is 0 Å². The molecule has 4 heteroatoms. The van der Waals surface area contributed by atoms with Crippen molar-refractivity contribution in [3.8, 4) is 0 Å². The van der Waals surface area contributed by atoms with Crippen LogP contribution in [-0.4, -0.2) is 22.2 Å². The third-order valence-corrected chi connectivity index (χ3v) is 2.69. The van der Waals surface area contributed by atoms with Gasteiger partial charge in [-0.15, -0.1) is 0 Å². The number of hydrogen-bond donors (Lipinski definition) is 2. The Morgan fingerprint density at radius 1 is 1.13 bits per heavy atom. The first-order valence-corrected chi connectivity index (χ1v) is 4.65. The summed E-state index contributed by atoms with van der Waals surface area (Å²) in [7, 11) is 0. The van der Waals surface area contributed by atoms with E-state index in [9.17, 15) is 9.59 Å². The van der Waals surface area contributed by atoms with Crippen LogP contribution in [0, 0.1) is 5.92 Å². The van der Waals surface area contributed by atoms with Gasteiger partial charge in [-0.3, -0.25) is 4.79 Å². The molecular formula is C11H10O4. The molecule has 4 nitrogen and oxygen atoms in total. The number of carbonyl (C=O) groups is 2. The first-order chi connectivity index (χ1) is 7.09. The molecule has 0 saturated heterocycles. The van der Waals surface area contributed by atoms with E-state index in [0.717, 1.165) is 5.56 Å². The first-order valence-electron chi connectivity index (χ1n) is 4.65. The standard InChI is InChI=1S/C11H10O4/c12-10(13)7-3-1-6(2-4-7)8-5-9(8)11(14)15/h1-4,8-9H,5H2,(H,12,13)(H,14,15)/t8-,9+/m0/s1. The molecule has 1 aliphatic carbocycles. The molecule has 0 unspecified atom stereocenters. The Morgan fingerprint density at radius 3 is 2.13 bits per heavy atom. The average Bonchev–Trinajstić information content (AvgIpc) is 2.97. The van der Waals surface area contributed by atoms with Gasteiger partial charge in [0.15, 0.2) is 0 Å². The third-order valence-electron chi connectivity index (χ3n) is 2.69. The van der Waals surface area contributed by atoms with Gasteiger partial charge in [0.2, 0.25) is 0 Å². The molecular weight excluding hydrogens is 196 g/mol. The summed E-state index contributed by atoms with van der Waals surface area (Å²) < 4.78 is 0. The van der Waals surface area contributed by atoms with Crippen molar-refractivity contribution in [2.45, 2.75) is 12.3 Å². The summed E-state index contributed by atoms with van der Waals surface area (Å²) in [6, 6.07) is 6.40. The van der Waals surface area contributed by atoms with E-state index in [1.807, 2.05) is 0 Å². The minimum Gasteiger partial charge on any atom is -0.481 e. The minimum absolute atomic E-state index is 0.0605. The monoisotopic (exact) mass is 206 g/mol. The molecule has 2 N–H and O–H groups in total. The highest BCUT2D eigenvalue weighted by Gasteiger charge is 2.43. The highest BCUT2D eigenvalue weighted by molar-refractivity contribution is 5.87. The van der Waals surface area contributed by atoms with Crippen LogP contribution in [0.2, 0.25) is 0 Å². The molecule has 78 valence electrons. The van der Waals surface area contributed by atoms with Crippen molar-refractivity contribution in [1.29, 1.82) is 0 Å². The quantitative estimate of drug-likeness (QED) is 0.787. The molecule has 0 heterocycles. The fourth-order valence-electron chi connectivity index (χ4n) is 1.71. The van der Waals surface area contributed by atoms with E-state index < -0.39 is 11.9 Å². The van der Waals surface area contributed by atoms with Gasteiger partial charge in [0.05, 0.1) is 11.5 Å². The lowest BCUT2D eigenvalue weighted by molar-refractivity contribution is -0.138. The van der Waals surface area contributed by atoms with Crippen molar-refractivity contribution in [1.82, 2.24) is 0 Å². The highest BCUT2D eigenvalue weighted by atomic mass is 16.4. The first kappa shape index (κ1) is 9.71. The topological polar surface area (TPSA) is 74.6 Å². The summed E-state index contributed by atoms with van der Waals surface area (Å²) in [5.74, 6) is -1.97. The molecule has 2 atom stereocenters. The van der Waals surface area contributed by atoms with Gasteiger partial charge in [-0.25, -0.2) is 4.79 Å². The van der Waals surface area contributed by atoms with E-state index in [2.05, 4.69) is 0 Å². The number of rotatable bonds is 3. The molecule has 1 saturated carbocycles.